The molecule has 1 nitrogen and oxygen atoms in total. The van der Waals surface area contributed by atoms with Crippen LogP contribution in [0.1, 0.15) is 27.8 Å². The molecule has 28 heavy (non-hydrogen) atoms. The number of nitrogens with zero attached hydrogens (tertiary/aromatic N) is 1. The van der Waals surface area contributed by atoms with Crippen LogP contribution in [0.4, 0.5) is 0 Å². The Morgan fingerprint density at radius 3 is 1.57 bits per heavy atom. The van der Waals surface area contributed by atoms with Gasteiger partial charge < -0.3 is 0 Å². The van der Waals surface area contributed by atoms with Crippen LogP contribution in [0.15, 0.2) is 91.0 Å². The van der Waals surface area contributed by atoms with E-state index in [0.717, 1.165) is 5.56 Å². The Morgan fingerprint density at radius 1 is 0.500 bits per heavy atom. The summed E-state index contributed by atoms with van der Waals surface area (Å²) in [7, 11) is 0. The predicted molar refractivity (Wildman–Crippen MR) is 119 cm³/mol. The third-order valence-corrected chi connectivity index (χ3v) is 4.74. The molecule has 0 atom stereocenters. The van der Waals surface area contributed by atoms with Crippen LogP contribution < -0.4 is 0 Å². The van der Waals surface area contributed by atoms with E-state index in [-0.39, 0.29) is 0 Å². The van der Waals surface area contributed by atoms with Crippen molar-refractivity contribution in [1.82, 2.24) is 0 Å². The number of fused-ring (bicyclic) bond motifs is 1. The van der Waals surface area contributed by atoms with Crippen molar-refractivity contribution in [2.45, 2.75) is 0 Å². The van der Waals surface area contributed by atoms with Gasteiger partial charge in [0.1, 0.15) is 0 Å². The molecule has 0 aliphatic carbocycles. The van der Waals surface area contributed by atoms with E-state index >= 15 is 0 Å². The van der Waals surface area contributed by atoms with Crippen LogP contribution in [0.2, 0.25) is 0 Å². The largest absolute Gasteiger partial charge is 0.192 e. The molecule has 132 valence electrons. The maximum atomic E-state index is 8.92. The van der Waals surface area contributed by atoms with Crippen LogP contribution >= 0.6 is 0 Å². The summed E-state index contributed by atoms with van der Waals surface area (Å²) in [5.74, 6) is 0. The number of hydrogen-bond acceptors (Lipinski definition) is 1. The zero-order valence-corrected chi connectivity index (χ0v) is 15.4. The molecule has 4 aromatic carbocycles. The average Bonchev–Trinajstić information content (AvgIpc) is 2.77. The minimum Gasteiger partial charge on any atom is -0.192 e. The summed E-state index contributed by atoms with van der Waals surface area (Å²) in [6.45, 7) is 0. The third-order valence-electron chi connectivity index (χ3n) is 4.74. The second kappa shape index (κ2) is 8.20. The quantitative estimate of drug-likeness (QED) is 0.359. The highest BCUT2D eigenvalue weighted by Gasteiger charge is 2.01. The second-order valence-electron chi connectivity index (χ2n) is 6.60. The monoisotopic (exact) mass is 357 g/mol. The number of hydrogen-bond donors (Lipinski definition) is 0. The fourth-order valence-electron chi connectivity index (χ4n) is 3.25. The van der Waals surface area contributed by atoms with E-state index in [1.54, 1.807) is 0 Å². The predicted octanol–water partition coefficient (Wildman–Crippen LogP) is 7.05. The molecule has 1 heteroatoms. The van der Waals surface area contributed by atoms with Crippen molar-refractivity contribution in [1.29, 1.82) is 5.26 Å². The minimum absolute atomic E-state index is 0.678. The highest BCUT2D eigenvalue weighted by atomic mass is 14.2. The second-order valence-corrected chi connectivity index (χ2v) is 6.60. The lowest BCUT2D eigenvalue weighted by Crippen LogP contribution is -1.82. The Morgan fingerprint density at radius 2 is 1.04 bits per heavy atom. The topological polar surface area (TPSA) is 23.8 Å². The van der Waals surface area contributed by atoms with Gasteiger partial charge in [-0.1, -0.05) is 103 Å². The molecule has 0 unspecified atom stereocenters. The molecule has 0 saturated heterocycles. The smallest absolute Gasteiger partial charge is 0.0991 e. The molecule has 0 aliphatic rings. The third kappa shape index (κ3) is 3.92. The summed E-state index contributed by atoms with van der Waals surface area (Å²) in [5, 5.41) is 11.4. The summed E-state index contributed by atoms with van der Waals surface area (Å²) in [6.07, 6.45) is 8.54. The van der Waals surface area contributed by atoms with Crippen LogP contribution in [-0.2, 0) is 0 Å². The lowest BCUT2D eigenvalue weighted by molar-refractivity contribution is 1.48. The van der Waals surface area contributed by atoms with Crippen LogP contribution in [-0.4, -0.2) is 0 Å². The molecular weight excluding hydrogens is 338 g/mol. The Hall–Kier alpha value is -3.89. The van der Waals surface area contributed by atoms with Gasteiger partial charge in [-0.05, 0) is 45.2 Å². The van der Waals surface area contributed by atoms with Crippen molar-refractivity contribution in [3.63, 3.8) is 0 Å². The molecule has 0 spiro atoms. The van der Waals surface area contributed by atoms with Crippen molar-refractivity contribution in [3.8, 4) is 6.07 Å². The van der Waals surface area contributed by atoms with Gasteiger partial charge in [0.15, 0.2) is 0 Å². The molecule has 0 bridgehead atoms. The fourth-order valence-corrected chi connectivity index (χ4v) is 3.25. The highest BCUT2D eigenvalue weighted by Crippen LogP contribution is 2.25. The zero-order valence-electron chi connectivity index (χ0n) is 15.4. The Kier molecular flexibility index (Phi) is 5.13. The Balaban J connectivity index is 1.68. The van der Waals surface area contributed by atoms with Gasteiger partial charge in [-0.3, -0.25) is 0 Å². The molecule has 0 fully saturated rings. The van der Waals surface area contributed by atoms with E-state index in [9.17, 15) is 0 Å². The lowest BCUT2D eigenvalue weighted by atomic mass is 9.98. The van der Waals surface area contributed by atoms with Crippen molar-refractivity contribution in [2.24, 2.45) is 0 Å². The summed E-state index contributed by atoms with van der Waals surface area (Å²) in [5.41, 5.74) is 5.33. The van der Waals surface area contributed by atoms with E-state index in [1.807, 2.05) is 30.3 Å². The molecule has 4 aromatic rings. The molecule has 4 rings (SSSR count). The fraction of sp³-hybridized carbons (Fsp3) is 0. The van der Waals surface area contributed by atoms with Crippen molar-refractivity contribution in [2.75, 3.05) is 0 Å². The van der Waals surface area contributed by atoms with Gasteiger partial charge in [0, 0.05) is 0 Å². The van der Waals surface area contributed by atoms with E-state index in [2.05, 4.69) is 91.0 Å². The molecule has 0 saturated carbocycles. The van der Waals surface area contributed by atoms with Gasteiger partial charge in [0.05, 0.1) is 11.6 Å². The van der Waals surface area contributed by atoms with E-state index in [0.29, 0.717) is 5.56 Å². The summed E-state index contributed by atoms with van der Waals surface area (Å²) < 4.78 is 0. The maximum Gasteiger partial charge on any atom is 0.0991 e. The van der Waals surface area contributed by atoms with Gasteiger partial charge in [-0.2, -0.15) is 5.26 Å². The van der Waals surface area contributed by atoms with E-state index < -0.39 is 0 Å². The van der Waals surface area contributed by atoms with Crippen molar-refractivity contribution in [3.05, 3.63) is 119 Å². The molecule has 0 aliphatic heterocycles. The van der Waals surface area contributed by atoms with Crippen molar-refractivity contribution < 1.29 is 0 Å². The van der Waals surface area contributed by atoms with Gasteiger partial charge in [-0.15, -0.1) is 0 Å². The first kappa shape index (κ1) is 17.5. The Labute approximate surface area is 165 Å². The number of benzene rings is 4. The van der Waals surface area contributed by atoms with Crippen LogP contribution in [0.3, 0.4) is 0 Å². The first-order valence-electron chi connectivity index (χ1n) is 9.27. The van der Waals surface area contributed by atoms with Gasteiger partial charge in [0.25, 0.3) is 0 Å². The first-order chi connectivity index (χ1) is 13.8. The highest BCUT2D eigenvalue weighted by molar-refractivity contribution is 5.98. The summed E-state index contributed by atoms with van der Waals surface area (Å²) in [6, 6.07) is 32.9. The van der Waals surface area contributed by atoms with Crippen LogP contribution in [0.5, 0.6) is 0 Å². The molecule has 0 heterocycles. The zero-order chi connectivity index (χ0) is 19.2. The first-order valence-corrected chi connectivity index (χ1v) is 9.27. The molecule has 0 radical (unpaired) electrons. The summed E-state index contributed by atoms with van der Waals surface area (Å²) >= 11 is 0. The maximum absolute atomic E-state index is 8.92. The number of nitriles is 1. The van der Waals surface area contributed by atoms with Gasteiger partial charge in [-0.25, -0.2) is 0 Å². The van der Waals surface area contributed by atoms with Crippen molar-refractivity contribution >= 4 is 35.1 Å². The van der Waals surface area contributed by atoms with E-state index in [4.69, 9.17) is 5.26 Å². The summed E-state index contributed by atoms with van der Waals surface area (Å²) in [4.78, 5) is 0. The molecular formula is C27H19N. The van der Waals surface area contributed by atoms with E-state index in [1.165, 1.54) is 27.5 Å². The molecule has 0 N–H and O–H groups in total. The number of rotatable bonds is 4. The lowest BCUT2D eigenvalue weighted by Gasteiger charge is -2.06. The molecule has 0 aromatic heterocycles. The SMILES string of the molecule is N#Cc1ccc(C=Cc2cccc3c(C=Cc4ccccc4)cccc23)cc1. The normalized spacial score (nSPS) is 11.2. The average molecular weight is 357 g/mol. The minimum atomic E-state index is 0.678. The van der Waals surface area contributed by atoms with Crippen LogP contribution in [0.25, 0.3) is 35.1 Å². The van der Waals surface area contributed by atoms with Gasteiger partial charge >= 0.3 is 0 Å². The standard InChI is InChI=1S/C27H19N/c28-20-23-14-12-22(13-15-23)17-19-25-9-5-10-26-24(8-4-11-27(25)26)18-16-21-6-2-1-3-7-21/h1-19H. The van der Waals surface area contributed by atoms with Gasteiger partial charge in [0.2, 0.25) is 0 Å². The molecule has 0 amide bonds. The van der Waals surface area contributed by atoms with Crippen LogP contribution in [0, 0.1) is 11.3 Å². The Bertz CT molecular complexity index is 1190.